The number of hydrogen-bond acceptors (Lipinski definition) is 9. The lowest BCUT2D eigenvalue weighted by Gasteiger charge is -2.23. The van der Waals surface area contributed by atoms with Gasteiger partial charge in [-0.3, -0.25) is 14.8 Å². The van der Waals surface area contributed by atoms with Crippen LogP contribution in [0.1, 0.15) is 27.8 Å². The minimum absolute atomic E-state index is 0.0284. The molecule has 0 spiro atoms. The first-order valence-electron chi connectivity index (χ1n) is 8.98. The van der Waals surface area contributed by atoms with E-state index in [2.05, 4.69) is 15.3 Å². The molecule has 2 rings (SSSR count). The highest BCUT2D eigenvalue weighted by Gasteiger charge is 2.27. The Labute approximate surface area is 167 Å². The van der Waals surface area contributed by atoms with Crippen LogP contribution in [0.4, 0.5) is 0 Å². The van der Waals surface area contributed by atoms with E-state index in [1.54, 1.807) is 30.3 Å². The highest BCUT2D eigenvalue weighted by atomic mass is 16.4. The number of carbonyl (C=O) groups excluding carboxylic acids is 1. The van der Waals surface area contributed by atoms with Crippen LogP contribution in [0, 0.1) is 0 Å². The first-order valence-corrected chi connectivity index (χ1v) is 8.98. The number of hydrogen-bond donors (Lipinski definition) is 7. The Hall–Kier alpha value is -2.47. The fourth-order valence-corrected chi connectivity index (χ4v) is 2.58. The van der Waals surface area contributed by atoms with Crippen molar-refractivity contribution in [2.75, 3.05) is 13.2 Å². The van der Waals surface area contributed by atoms with Gasteiger partial charge in [-0.05, 0) is 12.1 Å². The van der Waals surface area contributed by atoms with E-state index in [0.717, 1.165) is 6.20 Å². The van der Waals surface area contributed by atoms with Gasteiger partial charge in [-0.25, -0.2) is 0 Å². The molecular formula is C19H25N3O7. The van der Waals surface area contributed by atoms with E-state index in [1.165, 1.54) is 6.20 Å². The van der Waals surface area contributed by atoms with Crippen LogP contribution in [0.25, 0.3) is 0 Å². The first-order chi connectivity index (χ1) is 13.9. The molecule has 0 saturated carbocycles. The van der Waals surface area contributed by atoms with E-state index < -0.39 is 49.6 Å². The highest BCUT2D eigenvalue weighted by Crippen LogP contribution is 2.17. The van der Waals surface area contributed by atoms with Crippen LogP contribution in [-0.2, 0) is 6.42 Å². The zero-order valence-electron chi connectivity index (χ0n) is 15.5. The Kier molecular flexibility index (Phi) is 8.58. The standard InChI is InChI=1S/C19H25N3O7/c23-9-14(22-19(29)11-4-2-1-3-5-11)15(25)6-12-7-21-13(8-20-12)17(27)18(28)16(26)10-24/h1-5,7-8,14-18,23-28H,6,9-10H2,(H,22,29)/t14-,15-,16-,17-,18-/m1/s1. The summed E-state index contributed by atoms with van der Waals surface area (Å²) in [7, 11) is 0. The maximum atomic E-state index is 12.2. The predicted molar refractivity (Wildman–Crippen MR) is 101 cm³/mol. The molecule has 158 valence electrons. The first kappa shape index (κ1) is 22.8. The molecule has 1 aromatic heterocycles. The second kappa shape index (κ2) is 10.9. The molecule has 0 unspecified atom stereocenters. The van der Waals surface area contributed by atoms with Gasteiger partial charge >= 0.3 is 0 Å². The zero-order chi connectivity index (χ0) is 21.4. The van der Waals surface area contributed by atoms with Gasteiger partial charge in [-0.2, -0.15) is 0 Å². The van der Waals surface area contributed by atoms with Crippen LogP contribution in [0.2, 0.25) is 0 Å². The maximum Gasteiger partial charge on any atom is 0.251 e. The molecule has 0 bridgehead atoms. The molecule has 0 aliphatic carbocycles. The molecule has 7 N–H and O–H groups in total. The number of amides is 1. The van der Waals surface area contributed by atoms with Crippen LogP contribution in [0.15, 0.2) is 42.7 Å². The van der Waals surface area contributed by atoms with Gasteiger partial charge in [0.1, 0.15) is 18.3 Å². The summed E-state index contributed by atoms with van der Waals surface area (Å²) >= 11 is 0. The Balaban J connectivity index is 1.98. The summed E-state index contributed by atoms with van der Waals surface area (Å²) in [5.41, 5.74) is 0.678. The van der Waals surface area contributed by atoms with Gasteiger partial charge in [-0.15, -0.1) is 0 Å². The molecule has 10 nitrogen and oxygen atoms in total. The Bertz CT molecular complexity index is 760. The Morgan fingerprint density at radius 3 is 2.17 bits per heavy atom. The smallest absolute Gasteiger partial charge is 0.251 e. The van der Waals surface area contributed by atoms with E-state index >= 15 is 0 Å². The number of aliphatic hydroxyl groups is 6. The summed E-state index contributed by atoms with van der Waals surface area (Å²) in [5, 5.41) is 60.2. The molecule has 0 radical (unpaired) electrons. The van der Waals surface area contributed by atoms with E-state index in [1.807, 2.05) is 0 Å². The summed E-state index contributed by atoms with van der Waals surface area (Å²) in [6.45, 7) is -1.22. The molecule has 1 heterocycles. The van der Waals surface area contributed by atoms with E-state index in [0.29, 0.717) is 11.3 Å². The second-order valence-corrected chi connectivity index (χ2v) is 6.52. The van der Waals surface area contributed by atoms with Crippen molar-refractivity contribution in [3.05, 3.63) is 59.7 Å². The van der Waals surface area contributed by atoms with Gasteiger partial charge in [0.2, 0.25) is 0 Å². The molecule has 0 aliphatic rings. The number of aromatic nitrogens is 2. The van der Waals surface area contributed by atoms with Gasteiger partial charge in [0.15, 0.2) is 0 Å². The lowest BCUT2D eigenvalue weighted by molar-refractivity contribution is -0.0790. The van der Waals surface area contributed by atoms with Gasteiger partial charge < -0.3 is 36.0 Å². The molecule has 1 aromatic carbocycles. The van der Waals surface area contributed by atoms with Crippen molar-refractivity contribution in [3.8, 4) is 0 Å². The van der Waals surface area contributed by atoms with Crippen molar-refractivity contribution < 1.29 is 35.4 Å². The van der Waals surface area contributed by atoms with Crippen molar-refractivity contribution in [2.24, 2.45) is 0 Å². The third-order valence-electron chi connectivity index (χ3n) is 4.36. The molecule has 0 saturated heterocycles. The van der Waals surface area contributed by atoms with Crippen molar-refractivity contribution >= 4 is 5.91 Å². The number of nitrogens with zero attached hydrogens (tertiary/aromatic N) is 2. The number of rotatable bonds is 10. The van der Waals surface area contributed by atoms with Crippen LogP contribution >= 0.6 is 0 Å². The predicted octanol–water partition coefficient (Wildman–Crippen LogP) is -2.08. The molecule has 5 atom stereocenters. The average Bonchev–Trinajstić information content (AvgIpc) is 2.76. The third kappa shape index (κ3) is 6.26. The molecule has 0 aliphatic heterocycles. The summed E-state index contributed by atoms with van der Waals surface area (Å²) in [6, 6.07) is 7.43. The minimum atomic E-state index is -1.64. The summed E-state index contributed by atoms with van der Waals surface area (Å²) in [6.07, 6.45) is -3.50. The van der Waals surface area contributed by atoms with Crippen molar-refractivity contribution in [2.45, 2.75) is 36.9 Å². The number of carbonyl (C=O) groups is 1. The van der Waals surface area contributed by atoms with Crippen molar-refractivity contribution in [1.82, 2.24) is 15.3 Å². The number of aliphatic hydroxyl groups excluding tert-OH is 6. The highest BCUT2D eigenvalue weighted by molar-refractivity contribution is 5.94. The van der Waals surface area contributed by atoms with Gasteiger partial charge in [0.05, 0.1) is 42.9 Å². The molecule has 2 aromatic rings. The SMILES string of the molecule is O=C(N[C@H](CO)[C@H](O)Cc1cnc([C@@H](O)[C@H](O)[C@H](O)CO)cn1)c1ccccc1. The Morgan fingerprint density at radius 1 is 0.931 bits per heavy atom. The van der Waals surface area contributed by atoms with Crippen LogP contribution in [-0.4, -0.2) is 84.1 Å². The summed E-state index contributed by atoms with van der Waals surface area (Å²) < 4.78 is 0. The normalized spacial score (nSPS) is 16.5. The van der Waals surface area contributed by atoms with Crippen LogP contribution in [0.5, 0.6) is 0 Å². The lowest BCUT2D eigenvalue weighted by Crippen LogP contribution is -2.46. The van der Waals surface area contributed by atoms with Crippen LogP contribution in [0.3, 0.4) is 0 Å². The minimum Gasteiger partial charge on any atom is -0.394 e. The molecular weight excluding hydrogens is 382 g/mol. The van der Waals surface area contributed by atoms with Gasteiger partial charge in [0.25, 0.3) is 5.91 Å². The molecule has 10 heteroatoms. The van der Waals surface area contributed by atoms with E-state index in [-0.39, 0.29) is 12.1 Å². The van der Waals surface area contributed by atoms with Crippen LogP contribution < -0.4 is 5.32 Å². The van der Waals surface area contributed by atoms with Gasteiger partial charge in [-0.1, -0.05) is 18.2 Å². The van der Waals surface area contributed by atoms with Gasteiger partial charge in [0, 0.05) is 18.2 Å². The zero-order valence-corrected chi connectivity index (χ0v) is 15.5. The quantitative estimate of drug-likeness (QED) is 0.233. The molecule has 1 amide bonds. The second-order valence-electron chi connectivity index (χ2n) is 6.52. The maximum absolute atomic E-state index is 12.2. The topological polar surface area (TPSA) is 176 Å². The fourth-order valence-electron chi connectivity index (χ4n) is 2.58. The van der Waals surface area contributed by atoms with Crippen molar-refractivity contribution in [1.29, 1.82) is 0 Å². The molecule has 0 fully saturated rings. The molecule has 29 heavy (non-hydrogen) atoms. The third-order valence-corrected chi connectivity index (χ3v) is 4.36. The summed E-state index contributed by atoms with van der Waals surface area (Å²) in [4.78, 5) is 20.1. The van der Waals surface area contributed by atoms with E-state index in [4.69, 9.17) is 5.11 Å². The number of benzene rings is 1. The largest absolute Gasteiger partial charge is 0.394 e. The average molecular weight is 407 g/mol. The fraction of sp³-hybridized carbons (Fsp3) is 0.421. The van der Waals surface area contributed by atoms with Crippen molar-refractivity contribution in [3.63, 3.8) is 0 Å². The Morgan fingerprint density at radius 2 is 1.62 bits per heavy atom. The lowest BCUT2D eigenvalue weighted by atomic mass is 10.0. The summed E-state index contributed by atoms with van der Waals surface area (Å²) in [5.74, 6) is -0.440. The monoisotopic (exact) mass is 407 g/mol. The van der Waals surface area contributed by atoms with E-state index in [9.17, 15) is 30.3 Å². The number of nitrogens with one attached hydrogen (secondary N) is 1.